The van der Waals surface area contributed by atoms with Crippen molar-refractivity contribution in [2.45, 2.75) is 13.8 Å². The number of hydrogen-bond acceptors (Lipinski definition) is 6. The topological polar surface area (TPSA) is 78.1 Å². The molecule has 2 aromatic heterocycles. The Balaban J connectivity index is 2.30. The van der Waals surface area contributed by atoms with Gasteiger partial charge in [-0.2, -0.15) is 0 Å². The summed E-state index contributed by atoms with van der Waals surface area (Å²) in [6.45, 7) is 3.80. The number of hydrogen-bond donors (Lipinski definition) is 0. The molecular weight excluding hydrogens is 222 g/mol. The maximum Gasteiger partial charge on any atom is 0.396 e. The van der Waals surface area contributed by atoms with Gasteiger partial charge in [-0.15, -0.1) is 10.2 Å². The lowest BCUT2D eigenvalue weighted by atomic mass is 10.2. The van der Waals surface area contributed by atoms with E-state index in [2.05, 4.69) is 15.2 Å². The van der Waals surface area contributed by atoms with Gasteiger partial charge >= 0.3 is 11.9 Å². The van der Waals surface area contributed by atoms with E-state index in [1.165, 1.54) is 0 Å². The molecule has 0 bridgehead atoms. The summed E-state index contributed by atoms with van der Waals surface area (Å²) in [5.74, 6) is -0.503. The molecular formula is C11H11N3O3. The third kappa shape index (κ3) is 2.30. The second-order valence-electron chi connectivity index (χ2n) is 3.27. The lowest BCUT2D eigenvalue weighted by molar-refractivity contribution is 0.0481. The third-order valence-electron chi connectivity index (χ3n) is 2.11. The van der Waals surface area contributed by atoms with Gasteiger partial charge in [0, 0.05) is 11.9 Å². The van der Waals surface area contributed by atoms with Crippen molar-refractivity contribution in [2.75, 3.05) is 6.61 Å². The summed E-state index contributed by atoms with van der Waals surface area (Å²) in [4.78, 5) is 15.4. The molecule has 0 saturated heterocycles. The zero-order chi connectivity index (χ0) is 12.3. The van der Waals surface area contributed by atoms with E-state index in [4.69, 9.17) is 9.15 Å². The molecule has 88 valence electrons. The van der Waals surface area contributed by atoms with Gasteiger partial charge in [-0.3, -0.25) is 4.98 Å². The first-order valence-electron chi connectivity index (χ1n) is 5.15. The average molecular weight is 233 g/mol. The maximum absolute atomic E-state index is 11.3. The Bertz CT molecular complexity index is 536. The number of carbonyl (C=O) groups is 1. The molecule has 0 aliphatic heterocycles. The molecule has 0 aliphatic carbocycles. The van der Waals surface area contributed by atoms with E-state index in [-0.39, 0.29) is 18.4 Å². The van der Waals surface area contributed by atoms with Crippen LogP contribution >= 0.6 is 0 Å². The van der Waals surface area contributed by atoms with Crippen molar-refractivity contribution in [2.24, 2.45) is 0 Å². The minimum absolute atomic E-state index is 0.148. The number of esters is 1. The Morgan fingerprint density at radius 1 is 1.47 bits per heavy atom. The quantitative estimate of drug-likeness (QED) is 0.749. The summed E-state index contributed by atoms with van der Waals surface area (Å²) in [5.41, 5.74) is 1.46. The molecule has 2 heterocycles. The number of aromatic nitrogens is 3. The van der Waals surface area contributed by atoms with Gasteiger partial charge in [0.2, 0.25) is 5.89 Å². The summed E-state index contributed by atoms with van der Waals surface area (Å²) in [5, 5.41) is 7.43. The van der Waals surface area contributed by atoms with Crippen LogP contribution in [0, 0.1) is 6.92 Å². The zero-order valence-corrected chi connectivity index (χ0v) is 9.51. The Kier molecular flexibility index (Phi) is 3.13. The monoisotopic (exact) mass is 233 g/mol. The highest BCUT2D eigenvalue weighted by atomic mass is 16.5. The van der Waals surface area contributed by atoms with E-state index < -0.39 is 5.97 Å². The highest BCUT2D eigenvalue weighted by Crippen LogP contribution is 2.20. The van der Waals surface area contributed by atoms with Crippen LogP contribution in [-0.4, -0.2) is 27.8 Å². The van der Waals surface area contributed by atoms with E-state index in [1.54, 1.807) is 25.3 Å². The van der Waals surface area contributed by atoms with Crippen LogP contribution in [0.15, 0.2) is 22.7 Å². The molecule has 0 spiro atoms. The molecule has 0 N–H and O–H groups in total. The molecule has 17 heavy (non-hydrogen) atoms. The van der Waals surface area contributed by atoms with Crippen LogP contribution in [-0.2, 0) is 4.74 Å². The number of nitrogens with zero attached hydrogens (tertiary/aromatic N) is 3. The lowest BCUT2D eigenvalue weighted by Crippen LogP contribution is -2.04. The Morgan fingerprint density at radius 3 is 3.00 bits per heavy atom. The van der Waals surface area contributed by atoms with Crippen LogP contribution in [0.2, 0.25) is 0 Å². The zero-order valence-electron chi connectivity index (χ0n) is 9.51. The number of ether oxygens (including phenoxy) is 1. The molecule has 0 aliphatic rings. The fourth-order valence-electron chi connectivity index (χ4n) is 1.32. The fraction of sp³-hybridized carbons (Fsp3) is 0.273. The van der Waals surface area contributed by atoms with Gasteiger partial charge in [-0.05, 0) is 26.0 Å². The van der Waals surface area contributed by atoms with Crippen molar-refractivity contribution in [3.63, 3.8) is 0 Å². The molecule has 0 atom stereocenters. The van der Waals surface area contributed by atoms with Gasteiger partial charge in [0.25, 0.3) is 0 Å². The van der Waals surface area contributed by atoms with Crippen LogP contribution in [0.3, 0.4) is 0 Å². The highest BCUT2D eigenvalue weighted by molar-refractivity contribution is 5.84. The molecule has 0 amide bonds. The van der Waals surface area contributed by atoms with Gasteiger partial charge in [0.1, 0.15) is 0 Å². The first-order chi connectivity index (χ1) is 8.22. The standard InChI is InChI=1S/C11H11N3O3/c1-3-16-11(15)10-14-13-9(17-10)8-5-4-6-12-7(8)2/h4-6H,3H2,1-2H3. The third-order valence-corrected chi connectivity index (χ3v) is 2.11. The second-order valence-corrected chi connectivity index (χ2v) is 3.27. The fourth-order valence-corrected chi connectivity index (χ4v) is 1.32. The molecule has 0 fully saturated rings. The Morgan fingerprint density at radius 2 is 2.29 bits per heavy atom. The number of rotatable bonds is 3. The van der Waals surface area contributed by atoms with Crippen molar-refractivity contribution < 1.29 is 13.9 Å². The van der Waals surface area contributed by atoms with E-state index in [0.717, 1.165) is 5.69 Å². The normalized spacial score (nSPS) is 10.2. The maximum atomic E-state index is 11.3. The minimum atomic E-state index is -0.618. The van der Waals surface area contributed by atoms with Crippen molar-refractivity contribution in [1.29, 1.82) is 0 Å². The largest absolute Gasteiger partial charge is 0.459 e. The van der Waals surface area contributed by atoms with E-state index >= 15 is 0 Å². The SMILES string of the molecule is CCOC(=O)c1nnc(-c2cccnc2C)o1. The molecule has 2 rings (SSSR count). The van der Waals surface area contributed by atoms with Crippen LogP contribution < -0.4 is 0 Å². The Labute approximate surface area is 97.6 Å². The van der Waals surface area contributed by atoms with Gasteiger partial charge in [0.15, 0.2) is 0 Å². The summed E-state index contributed by atoms with van der Waals surface area (Å²) < 4.78 is 9.98. The minimum Gasteiger partial charge on any atom is -0.459 e. The van der Waals surface area contributed by atoms with E-state index in [0.29, 0.717) is 5.56 Å². The van der Waals surface area contributed by atoms with Gasteiger partial charge in [-0.1, -0.05) is 0 Å². The summed E-state index contributed by atoms with van der Waals surface area (Å²) in [6.07, 6.45) is 1.67. The first-order valence-corrected chi connectivity index (χ1v) is 5.15. The number of pyridine rings is 1. The molecule has 0 saturated carbocycles. The Hall–Kier alpha value is -2.24. The highest BCUT2D eigenvalue weighted by Gasteiger charge is 2.17. The number of aryl methyl sites for hydroxylation is 1. The van der Waals surface area contributed by atoms with Crippen LogP contribution in [0.1, 0.15) is 23.3 Å². The van der Waals surface area contributed by atoms with Crippen LogP contribution in [0.25, 0.3) is 11.5 Å². The molecule has 6 heteroatoms. The molecule has 6 nitrogen and oxygen atoms in total. The van der Waals surface area contributed by atoms with Crippen molar-refractivity contribution in [3.05, 3.63) is 29.9 Å². The van der Waals surface area contributed by atoms with Crippen molar-refractivity contribution in [1.82, 2.24) is 15.2 Å². The molecule has 0 aromatic carbocycles. The number of carbonyl (C=O) groups excluding carboxylic acids is 1. The van der Waals surface area contributed by atoms with Crippen LogP contribution in [0.4, 0.5) is 0 Å². The van der Waals surface area contributed by atoms with Crippen LogP contribution in [0.5, 0.6) is 0 Å². The van der Waals surface area contributed by atoms with E-state index in [1.807, 2.05) is 6.92 Å². The van der Waals surface area contributed by atoms with Gasteiger partial charge in [-0.25, -0.2) is 4.79 Å². The molecule has 0 unspecified atom stereocenters. The summed E-state index contributed by atoms with van der Waals surface area (Å²) >= 11 is 0. The van der Waals surface area contributed by atoms with Gasteiger partial charge in [0.05, 0.1) is 12.2 Å². The lowest BCUT2D eigenvalue weighted by Gasteiger charge is -1.97. The molecule has 0 radical (unpaired) electrons. The summed E-state index contributed by atoms with van der Waals surface area (Å²) in [6, 6.07) is 3.56. The predicted molar refractivity (Wildman–Crippen MR) is 58.2 cm³/mol. The van der Waals surface area contributed by atoms with Gasteiger partial charge < -0.3 is 9.15 Å². The average Bonchev–Trinajstić information content (AvgIpc) is 2.79. The summed E-state index contributed by atoms with van der Waals surface area (Å²) in [7, 11) is 0. The van der Waals surface area contributed by atoms with E-state index in [9.17, 15) is 4.79 Å². The first kappa shape index (κ1) is 11.3. The van der Waals surface area contributed by atoms with Crippen molar-refractivity contribution in [3.8, 4) is 11.5 Å². The second kappa shape index (κ2) is 4.73. The van der Waals surface area contributed by atoms with Crippen molar-refractivity contribution >= 4 is 5.97 Å². The molecule has 2 aromatic rings. The smallest absolute Gasteiger partial charge is 0.396 e. The predicted octanol–water partition coefficient (Wildman–Crippen LogP) is 1.62.